The monoisotopic (exact) mass is 421 g/mol. The molecule has 26 heavy (non-hydrogen) atoms. The van der Waals surface area contributed by atoms with Gasteiger partial charge < -0.3 is 19.5 Å². The molecule has 0 aliphatic carbocycles. The molecule has 0 aliphatic rings. The van der Waals surface area contributed by atoms with E-state index < -0.39 is 6.10 Å². The van der Waals surface area contributed by atoms with E-state index in [1.165, 1.54) is 0 Å². The Morgan fingerprint density at radius 2 is 1.73 bits per heavy atom. The van der Waals surface area contributed by atoms with Crippen LogP contribution in [0.2, 0.25) is 0 Å². The maximum Gasteiger partial charge on any atom is 0.261 e. The zero-order valence-corrected chi connectivity index (χ0v) is 17.0. The summed E-state index contributed by atoms with van der Waals surface area (Å²) in [5.41, 5.74) is 0.953. The molecule has 0 fully saturated rings. The van der Waals surface area contributed by atoms with E-state index in [0.29, 0.717) is 17.2 Å². The quantitative estimate of drug-likeness (QED) is 0.681. The van der Waals surface area contributed by atoms with Crippen LogP contribution in [0.3, 0.4) is 0 Å². The molecule has 2 aromatic carbocycles. The first-order chi connectivity index (χ1) is 12.5. The van der Waals surface area contributed by atoms with Crippen LogP contribution >= 0.6 is 15.9 Å². The van der Waals surface area contributed by atoms with Crippen molar-refractivity contribution in [3.8, 4) is 17.2 Å². The summed E-state index contributed by atoms with van der Waals surface area (Å²) in [4.78, 5) is 12.5. The molecule has 0 aliphatic heterocycles. The zero-order valence-electron chi connectivity index (χ0n) is 15.4. The van der Waals surface area contributed by atoms with Crippen LogP contribution in [0.5, 0.6) is 17.2 Å². The van der Waals surface area contributed by atoms with Gasteiger partial charge in [0.2, 0.25) is 0 Å². The van der Waals surface area contributed by atoms with Crippen molar-refractivity contribution in [1.82, 2.24) is 5.32 Å². The number of ether oxygens (including phenoxy) is 3. The van der Waals surface area contributed by atoms with Crippen LogP contribution in [0.1, 0.15) is 31.9 Å². The highest BCUT2D eigenvalue weighted by Gasteiger charge is 2.20. The lowest BCUT2D eigenvalue weighted by molar-refractivity contribution is -0.128. The van der Waals surface area contributed by atoms with Gasteiger partial charge in [-0.05, 0) is 55.3 Å². The van der Waals surface area contributed by atoms with Crippen molar-refractivity contribution in [1.29, 1.82) is 0 Å². The Hall–Kier alpha value is -2.21. The molecule has 140 valence electrons. The topological polar surface area (TPSA) is 56.8 Å². The van der Waals surface area contributed by atoms with Crippen LogP contribution in [0.15, 0.2) is 46.9 Å². The Morgan fingerprint density at radius 3 is 2.31 bits per heavy atom. The first-order valence-corrected chi connectivity index (χ1v) is 9.22. The minimum absolute atomic E-state index is 0.140. The molecule has 0 bridgehead atoms. The van der Waals surface area contributed by atoms with Crippen molar-refractivity contribution in [2.24, 2.45) is 0 Å². The SMILES string of the molecule is CC[C@H](NC(=O)[C@H](C)Oc1ccc(Br)cc1)c1ccc(OC)c(OC)c1. The maximum atomic E-state index is 12.5. The number of hydrogen-bond donors (Lipinski definition) is 1. The van der Waals surface area contributed by atoms with Crippen molar-refractivity contribution in [3.05, 3.63) is 52.5 Å². The minimum Gasteiger partial charge on any atom is -0.493 e. The Kier molecular flexibility index (Phi) is 7.33. The molecule has 1 amide bonds. The fraction of sp³-hybridized carbons (Fsp3) is 0.350. The lowest BCUT2D eigenvalue weighted by Gasteiger charge is -2.22. The summed E-state index contributed by atoms with van der Waals surface area (Å²) in [5, 5.41) is 3.03. The largest absolute Gasteiger partial charge is 0.493 e. The normalized spacial score (nSPS) is 12.8. The smallest absolute Gasteiger partial charge is 0.261 e. The fourth-order valence-electron chi connectivity index (χ4n) is 2.55. The summed E-state index contributed by atoms with van der Waals surface area (Å²) >= 11 is 3.38. The van der Waals surface area contributed by atoms with E-state index in [-0.39, 0.29) is 11.9 Å². The summed E-state index contributed by atoms with van der Waals surface area (Å²) in [6, 6.07) is 12.9. The lowest BCUT2D eigenvalue weighted by Crippen LogP contribution is -2.38. The number of halogens is 1. The van der Waals surface area contributed by atoms with E-state index in [9.17, 15) is 4.79 Å². The second kappa shape index (κ2) is 9.48. The standard InChI is InChI=1S/C20H24BrNO4/c1-5-17(14-6-11-18(24-3)19(12-14)25-4)22-20(23)13(2)26-16-9-7-15(21)8-10-16/h6-13,17H,5H2,1-4H3,(H,22,23)/t13-,17-/m0/s1. The molecule has 0 aromatic heterocycles. The lowest BCUT2D eigenvalue weighted by atomic mass is 10.0. The van der Waals surface area contributed by atoms with Gasteiger partial charge in [-0.1, -0.05) is 28.9 Å². The number of methoxy groups -OCH3 is 2. The van der Waals surface area contributed by atoms with Gasteiger partial charge in [-0.25, -0.2) is 0 Å². The van der Waals surface area contributed by atoms with E-state index in [0.717, 1.165) is 16.5 Å². The third kappa shape index (κ3) is 5.14. The third-order valence-electron chi connectivity index (χ3n) is 4.03. The second-order valence-corrected chi connectivity index (χ2v) is 6.71. The molecular weight excluding hydrogens is 398 g/mol. The van der Waals surface area contributed by atoms with Crippen LogP contribution in [0.25, 0.3) is 0 Å². The molecule has 0 spiro atoms. The van der Waals surface area contributed by atoms with E-state index >= 15 is 0 Å². The Labute approximate surface area is 162 Å². The van der Waals surface area contributed by atoms with Gasteiger partial charge in [0, 0.05) is 4.47 Å². The van der Waals surface area contributed by atoms with E-state index in [2.05, 4.69) is 21.2 Å². The van der Waals surface area contributed by atoms with Crippen molar-refractivity contribution in [2.75, 3.05) is 14.2 Å². The van der Waals surface area contributed by atoms with E-state index in [1.54, 1.807) is 21.1 Å². The van der Waals surface area contributed by atoms with E-state index in [4.69, 9.17) is 14.2 Å². The number of carbonyl (C=O) groups is 1. The second-order valence-electron chi connectivity index (χ2n) is 5.80. The van der Waals surface area contributed by atoms with Gasteiger partial charge in [0.15, 0.2) is 17.6 Å². The molecule has 1 N–H and O–H groups in total. The van der Waals surface area contributed by atoms with Crippen molar-refractivity contribution < 1.29 is 19.0 Å². The molecule has 0 heterocycles. The molecule has 2 aromatic rings. The van der Waals surface area contributed by atoms with E-state index in [1.807, 2.05) is 49.4 Å². The van der Waals surface area contributed by atoms with Gasteiger partial charge in [-0.2, -0.15) is 0 Å². The number of nitrogens with one attached hydrogen (secondary N) is 1. The van der Waals surface area contributed by atoms with Crippen molar-refractivity contribution in [2.45, 2.75) is 32.4 Å². The molecule has 2 rings (SSSR count). The molecule has 2 atom stereocenters. The van der Waals surface area contributed by atoms with Gasteiger partial charge in [0.1, 0.15) is 5.75 Å². The van der Waals surface area contributed by atoms with Crippen LogP contribution < -0.4 is 19.5 Å². The van der Waals surface area contributed by atoms with Crippen molar-refractivity contribution >= 4 is 21.8 Å². The first-order valence-electron chi connectivity index (χ1n) is 8.43. The fourth-order valence-corrected chi connectivity index (χ4v) is 2.81. The summed E-state index contributed by atoms with van der Waals surface area (Å²) in [7, 11) is 3.19. The third-order valence-corrected chi connectivity index (χ3v) is 4.56. The number of amides is 1. The zero-order chi connectivity index (χ0) is 19.1. The van der Waals surface area contributed by atoms with Crippen LogP contribution in [0.4, 0.5) is 0 Å². The van der Waals surface area contributed by atoms with Gasteiger partial charge >= 0.3 is 0 Å². The van der Waals surface area contributed by atoms with Gasteiger partial charge in [0.05, 0.1) is 20.3 Å². The van der Waals surface area contributed by atoms with Gasteiger partial charge in [0.25, 0.3) is 5.91 Å². The maximum absolute atomic E-state index is 12.5. The number of hydrogen-bond acceptors (Lipinski definition) is 4. The highest BCUT2D eigenvalue weighted by molar-refractivity contribution is 9.10. The molecule has 0 saturated carbocycles. The predicted octanol–water partition coefficient (Wildman–Crippen LogP) is 4.50. The molecule has 0 saturated heterocycles. The molecule has 5 nitrogen and oxygen atoms in total. The van der Waals surface area contributed by atoms with Crippen molar-refractivity contribution in [3.63, 3.8) is 0 Å². The Bertz CT molecular complexity index is 733. The first kappa shape index (κ1) is 20.1. The average Bonchev–Trinajstić information content (AvgIpc) is 2.67. The highest BCUT2D eigenvalue weighted by Crippen LogP contribution is 2.31. The summed E-state index contributed by atoms with van der Waals surface area (Å²) < 4.78 is 17.3. The number of benzene rings is 2. The molecule has 0 unspecified atom stereocenters. The summed E-state index contributed by atoms with van der Waals surface area (Å²) in [6.07, 6.45) is 0.136. The van der Waals surface area contributed by atoms with Crippen LogP contribution in [-0.2, 0) is 4.79 Å². The number of carbonyl (C=O) groups excluding carboxylic acids is 1. The highest BCUT2D eigenvalue weighted by atomic mass is 79.9. The Morgan fingerprint density at radius 1 is 1.08 bits per heavy atom. The molecular formula is C20H24BrNO4. The van der Waals surface area contributed by atoms with Crippen LogP contribution in [0, 0.1) is 0 Å². The Balaban J connectivity index is 2.06. The average molecular weight is 422 g/mol. The number of rotatable bonds is 8. The predicted molar refractivity (Wildman–Crippen MR) is 105 cm³/mol. The summed E-state index contributed by atoms with van der Waals surface area (Å²) in [6.45, 7) is 3.75. The minimum atomic E-state index is -0.606. The molecule has 0 radical (unpaired) electrons. The van der Waals surface area contributed by atoms with Gasteiger partial charge in [-0.15, -0.1) is 0 Å². The molecule has 6 heteroatoms. The van der Waals surface area contributed by atoms with Crippen LogP contribution in [-0.4, -0.2) is 26.2 Å². The van der Waals surface area contributed by atoms with Gasteiger partial charge in [-0.3, -0.25) is 4.79 Å². The summed E-state index contributed by atoms with van der Waals surface area (Å²) in [5.74, 6) is 1.77.